The lowest BCUT2D eigenvalue weighted by molar-refractivity contribution is 1.24. The molecule has 0 nitrogen and oxygen atoms in total. The van der Waals surface area contributed by atoms with Gasteiger partial charge in [-0.15, -0.1) is 0 Å². The van der Waals surface area contributed by atoms with E-state index >= 15 is 0 Å². The zero-order valence-corrected chi connectivity index (χ0v) is 20.2. The molecule has 4 aromatic rings. The number of benzene rings is 4. The fourth-order valence-corrected chi connectivity index (χ4v) is 4.36. The first-order valence-electron chi connectivity index (χ1n) is 11.5. The van der Waals surface area contributed by atoms with E-state index in [1.807, 2.05) is 11.8 Å². The summed E-state index contributed by atoms with van der Waals surface area (Å²) >= 11 is 1.81. The van der Waals surface area contributed by atoms with Crippen molar-refractivity contribution in [3.63, 3.8) is 0 Å². The predicted octanol–water partition coefficient (Wildman–Crippen LogP) is 8.97. The van der Waals surface area contributed by atoms with Crippen LogP contribution in [0, 0.1) is 13.8 Å². The van der Waals surface area contributed by atoms with E-state index in [0.717, 1.165) is 12.8 Å². The monoisotopic (exact) mass is 446 g/mol. The van der Waals surface area contributed by atoms with Crippen molar-refractivity contribution in [1.82, 2.24) is 0 Å². The van der Waals surface area contributed by atoms with Gasteiger partial charge in [-0.1, -0.05) is 120 Å². The summed E-state index contributed by atoms with van der Waals surface area (Å²) in [6.07, 6.45) is 10.8. The first kappa shape index (κ1) is 22.9. The van der Waals surface area contributed by atoms with Crippen molar-refractivity contribution in [2.75, 3.05) is 0 Å². The first-order chi connectivity index (χ1) is 16.1. The Morgan fingerprint density at radius 3 is 1.21 bits per heavy atom. The molecule has 0 radical (unpaired) electrons. The molecule has 0 aromatic heterocycles. The third-order valence-electron chi connectivity index (χ3n) is 5.56. The molecule has 0 spiro atoms. The highest BCUT2D eigenvalue weighted by molar-refractivity contribution is 7.99. The molecule has 0 N–H and O–H groups in total. The van der Waals surface area contributed by atoms with Crippen LogP contribution < -0.4 is 0 Å². The fraction of sp³-hybridized carbons (Fsp3) is 0.125. The van der Waals surface area contributed by atoms with Crippen LogP contribution in [0.15, 0.2) is 119 Å². The van der Waals surface area contributed by atoms with E-state index in [1.165, 1.54) is 43.2 Å². The molecule has 0 bridgehead atoms. The lowest BCUT2D eigenvalue weighted by Gasteiger charge is -2.04. The largest absolute Gasteiger partial charge is 0.0901 e. The van der Waals surface area contributed by atoms with Gasteiger partial charge in [-0.3, -0.25) is 0 Å². The van der Waals surface area contributed by atoms with Gasteiger partial charge >= 0.3 is 0 Å². The molecular formula is C32H30S. The molecule has 0 saturated carbocycles. The Kier molecular flexibility index (Phi) is 8.00. The normalized spacial score (nSPS) is 11.5. The summed E-state index contributed by atoms with van der Waals surface area (Å²) in [5, 5.41) is 0. The van der Waals surface area contributed by atoms with Crippen molar-refractivity contribution >= 4 is 23.9 Å². The number of aryl methyl sites for hydroxylation is 2. The minimum atomic E-state index is 0.948. The van der Waals surface area contributed by atoms with Gasteiger partial charge in [0.15, 0.2) is 0 Å². The van der Waals surface area contributed by atoms with Gasteiger partial charge in [0.25, 0.3) is 0 Å². The van der Waals surface area contributed by atoms with Crippen molar-refractivity contribution < 1.29 is 0 Å². The minimum absolute atomic E-state index is 0.948. The van der Waals surface area contributed by atoms with Gasteiger partial charge in [0, 0.05) is 9.79 Å². The molecule has 0 unspecified atom stereocenters. The van der Waals surface area contributed by atoms with E-state index in [0.29, 0.717) is 0 Å². The molecule has 0 saturated heterocycles. The Morgan fingerprint density at radius 2 is 0.848 bits per heavy atom. The molecule has 0 aliphatic rings. The molecule has 33 heavy (non-hydrogen) atoms. The van der Waals surface area contributed by atoms with Crippen LogP contribution in [-0.4, -0.2) is 0 Å². The zero-order chi connectivity index (χ0) is 22.9. The Labute approximate surface area is 202 Å². The summed E-state index contributed by atoms with van der Waals surface area (Å²) in [6.45, 7) is 4.24. The van der Waals surface area contributed by atoms with Gasteiger partial charge in [-0.2, -0.15) is 0 Å². The lowest BCUT2D eigenvalue weighted by Crippen LogP contribution is -1.83. The van der Waals surface area contributed by atoms with Crippen molar-refractivity contribution in [3.05, 3.63) is 143 Å². The standard InChI is InChI=1S/C32H30S/c1-25-9-13-27(14-10-25)5-3-7-29-17-21-31(22-18-29)33-32-23-19-30(20-24-32)8-4-6-28-15-11-26(2)12-16-28/h3-6,9-24H,7-8H2,1-2H3/b5-3-,6-4-. The molecule has 0 amide bonds. The Bertz CT molecular complexity index is 1090. The van der Waals surface area contributed by atoms with Gasteiger partial charge in [-0.25, -0.2) is 0 Å². The van der Waals surface area contributed by atoms with Crippen molar-refractivity contribution in [2.45, 2.75) is 36.5 Å². The molecule has 0 aliphatic carbocycles. The molecule has 0 fully saturated rings. The summed E-state index contributed by atoms with van der Waals surface area (Å²) in [5.41, 5.74) is 7.76. The highest BCUT2D eigenvalue weighted by Crippen LogP contribution is 2.28. The molecule has 0 atom stereocenters. The van der Waals surface area contributed by atoms with E-state index in [2.05, 4.69) is 135 Å². The van der Waals surface area contributed by atoms with Crippen LogP contribution in [0.4, 0.5) is 0 Å². The first-order valence-corrected chi connectivity index (χ1v) is 12.3. The average Bonchev–Trinajstić information content (AvgIpc) is 2.84. The van der Waals surface area contributed by atoms with Crippen LogP contribution in [0.3, 0.4) is 0 Å². The molecule has 164 valence electrons. The van der Waals surface area contributed by atoms with Gasteiger partial charge in [0.1, 0.15) is 0 Å². The molecule has 0 aliphatic heterocycles. The second kappa shape index (κ2) is 11.5. The van der Waals surface area contributed by atoms with E-state index in [9.17, 15) is 0 Å². The highest BCUT2D eigenvalue weighted by Gasteiger charge is 1.99. The van der Waals surface area contributed by atoms with E-state index < -0.39 is 0 Å². The summed E-state index contributed by atoms with van der Waals surface area (Å²) in [7, 11) is 0. The minimum Gasteiger partial charge on any atom is -0.0901 e. The fourth-order valence-electron chi connectivity index (χ4n) is 3.54. The van der Waals surface area contributed by atoms with Crippen molar-refractivity contribution in [3.8, 4) is 0 Å². The van der Waals surface area contributed by atoms with E-state index in [-0.39, 0.29) is 0 Å². The van der Waals surface area contributed by atoms with Gasteiger partial charge in [0.05, 0.1) is 0 Å². The summed E-state index contributed by atoms with van der Waals surface area (Å²) in [4.78, 5) is 2.54. The third kappa shape index (κ3) is 7.37. The van der Waals surface area contributed by atoms with Crippen LogP contribution in [0.2, 0.25) is 0 Å². The number of rotatable bonds is 8. The van der Waals surface area contributed by atoms with E-state index in [4.69, 9.17) is 0 Å². The van der Waals surface area contributed by atoms with Crippen LogP contribution >= 0.6 is 11.8 Å². The van der Waals surface area contributed by atoms with Gasteiger partial charge in [0.2, 0.25) is 0 Å². The summed E-state index contributed by atoms with van der Waals surface area (Å²) < 4.78 is 0. The average molecular weight is 447 g/mol. The molecule has 4 aromatic carbocycles. The van der Waals surface area contributed by atoms with Crippen LogP contribution in [-0.2, 0) is 12.8 Å². The SMILES string of the molecule is Cc1ccc(/C=C\Cc2ccc(Sc3ccc(C/C=C\c4ccc(C)cc4)cc3)cc2)cc1. The van der Waals surface area contributed by atoms with Crippen molar-refractivity contribution in [2.24, 2.45) is 0 Å². The Balaban J connectivity index is 1.27. The van der Waals surface area contributed by atoms with Crippen molar-refractivity contribution in [1.29, 1.82) is 0 Å². The van der Waals surface area contributed by atoms with Crippen LogP contribution in [0.5, 0.6) is 0 Å². The number of allylic oxidation sites excluding steroid dienone is 2. The summed E-state index contributed by atoms with van der Waals surface area (Å²) in [6, 6.07) is 35.1. The number of hydrogen-bond donors (Lipinski definition) is 0. The summed E-state index contributed by atoms with van der Waals surface area (Å²) in [5.74, 6) is 0. The van der Waals surface area contributed by atoms with Gasteiger partial charge < -0.3 is 0 Å². The number of hydrogen-bond acceptors (Lipinski definition) is 1. The van der Waals surface area contributed by atoms with E-state index in [1.54, 1.807) is 0 Å². The maximum Gasteiger partial charge on any atom is 0.0122 e. The highest BCUT2D eigenvalue weighted by atomic mass is 32.2. The maximum absolute atomic E-state index is 2.23. The predicted molar refractivity (Wildman–Crippen MR) is 145 cm³/mol. The van der Waals surface area contributed by atoms with Crippen LogP contribution in [0.25, 0.3) is 12.2 Å². The second-order valence-electron chi connectivity index (χ2n) is 8.42. The Morgan fingerprint density at radius 1 is 0.485 bits per heavy atom. The molecule has 0 heterocycles. The lowest BCUT2D eigenvalue weighted by atomic mass is 10.1. The van der Waals surface area contributed by atoms with Gasteiger partial charge in [-0.05, 0) is 73.2 Å². The molecular weight excluding hydrogens is 416 g/mol. The third-order valence-corrected chi connectivity index (χ3v) is 6.58. The second-order valence-corrected chi connectivity index (χ2v) is 9.57. The van der Waals surface area contributed by atoms with Crippen LogP contribution in [0.1, 0.15) is 33.4 Å². The quantitative estimate of drug-likeness (QED) is 0.260. The molecule has 1 heteroatoms. The smallest absolute Gasteiger partial charge is 0.0122 e. The zero-order valence-electron chi connectivity index (χ0n) is 19.4. The topological polar surface area (TPSA) is 0 Å². The molecule has 4 rings (SSSR count). The Hall–Kier alpha value is -3.29. The maximum atomic E-state index is 2.23.